The maximum atomic E-state index is 12.3. The van der Waals surface area contributed by atoms with Gasteiger partial charge in [0.15, 0.2) is 11.5 Å². The number of carbonyl (C=O) groups is 2. The van der Waals surface area contributed by atoms with Gasteiger partial charge in [-0.3, -0.25) is 4.79 Å². The van der Waals surface area contributed by atoms with E-state index in [-0.39, 0.29) is 23.7 Å². The summed E-state index contributed by atoms with van der Waals surface area (Å²) in [5, 5.41) is 11.0. The van der Waals surface area contributed by atoms with E-state index in [9.17, 15) is 9.59 Å². The Hall–Kier alpha value is -3.53. The van der Waals surface area contributed by atoms with E-state index < -0.39 is 5.97 Å². The lowest BCUT2D eigenvalue weighted by Crippen LogP contribution is -2.15. The molecule has 1 N–H and O–H groups in total. The summed E-state index contributed by atoms with van der Waals surface area (Å²) in [5.41, 5.74) is 2.41. The number of aromatic nitrogens is 2. The molecule has 0 spiro atoms. The Morgan fingerprint density at radius 3 is 2.80 bits per heavy atom. The van der Waals surface area contributed by atoms with Crippen LogP contribution in [0.15, 0.2) is 46.0 Å². The van der Waals surface area contributed by atoms with E-state index in [1.54, 1.807) is 36.4 Å². The minimum Gasteiger partial charge on any atom is -0.465 e. The summed E-state index contributed by atoms with van der Waals surface area (Å²) in [6.07, 6.45) is 0. The number of amides is 1. The predicted octanol–water partition coefficient (Wildman–Crippen LogP) is 3.29. The van der Waals surface area contributed by atoms with E-state index in [2.05, 4.69) is 15.5 Å². The second-order valence-corrected chi connectivity index (χ2v) is 7.23. The number of carbonyl (C=O) groups excluding carboxylic acids is 2. The molecule has 0 aliphatic carbocycles. The van der Waals surface area contributed by atoms with E-state index in [4.69, 9.17) is 18.6 Å². The van der Waals surface area contributed by atoms with Crippen LogP contribution < -0.4 is 14.8 Å². The first kappa shape index (κ1) is 19.8. The second-order valence-electron chi connectivity index (χ2n) is 6.30. The van der Waals surface area contributed by atoms with Crippen molar-refractivity contribution >= 4 is 29.3 Å². The molecule has 1 aliphatic rings. The van der Waals surface area contributed by atoms with Gasteiger partial charge in [0.1, 0.15) is 0 Å². The van der Waals surface area contributed by atoms with Crippen molar-refractivity contribution in [1.29, 1.82) is 0 Å². The molecule has 0 saturated heterocycles. The molecule has 3 aromatic rings. The standard InChI is InChI=1S/C20H17N3O6S/c1-11-3-4-13(19(25)26-2)7-14(11)21-17(24)9-30-20-23-22-18(29-20)12-5-6-15-16(8-12)28-10-27-15/h3-8H,9-10H2,1-2H3,(H,21,24). The summed E-state index contributed by atoms with van der Waals surface area (Å²) >= 11 is 1.11. The third kappa shape index (κ3) is 4.23. The molecule has 0 fully saturated rings. The molecule has 4 rings (SSSR count). The monoisotopic (exact) mass is 427 g/mol. The SMILES string of the molecule is COC(=O)c1ccc(C)c(NC(=O)CSc2nnc(-c3ccc4c(c3)OCO4)o2)c1. The van der Waals surface area contributed by atoms with E-state index in [0.717, 1.165) is 17.3 Å². The zero-order valence-electron chi connectivity index (χ0n) is 16.1. The van der Waals surface area contributed by atoms with Crippen LogP contribution in [0.1, 0.15) is 15.9 Å². The van der Waals surface area contributed by atoms with Crippen LogP contribution in [-0.2, 0) is 9.53 Å². The smallest absolute Gasteiger partial charge is 0.337 e. The number of nitrogens with one attached hydrogen (secondary N) is 1. The van der Waals surface area contributed by atoms with E-state index in [0.29, 0.717) is 34.2 Å². The molecule has 0 saturated carbocycles. The summed E-state index contributed by atoms with van der Waals surface area (Å²) in [6.45, 7) is 2.01. The van der Waals surface area contributed by atoms with Gasteiger partial charge in [-0.2, -0.15) is 0 Å². The topological polar surface area (TPSA) is 113 Å². The lowest BCUT2D eigenvalue weighted by Gasteiger charge is -2.09. The molecule has 2 aromatic carbocycles. The maximum absolute atomic E-state index is 12.3. The fraction of sp³-hybridized carbons (Fsp3) is 0.200. The minimum atomic E-state index is -0.471. The molecule has 0 bridgehead atoms. The van der Waals surface area contributed by atoms with Crippen LogP contribution in [0.25, 0.3) is 11.5 Å². The molecule has 30 heavy (non-hydrogen) atoms. The van der Waals surface area contributed by atoms with Crippen molar-refractivity contribution in [2.45, 2.75) is 12.1 Å². The average molecular weight is 427 g/mol. The van der Waals surface area contributed by atoms with Crippen molar-refractivity contribution in [1.82, 2.24) is 10.2 Å². The van der Waals surface area contributed by atoms with Crippen LogP contribution in [0.3, 0.4) is 0 Å². The average Bonchev–Trinajstić information content (AvgIpc) is 3.42. The number of thioether (sulfide) groups is 1. The van der Waals surface area contributed by atoms with Crippen LogP contribution in [0.4, 0.5) is 5.69 Å². The number of nitrogens with zero attached hydrogens (tertiary/aromatic N) is 2. The molecule has 1 amide bonds. The van der Waals surface area contributed by atoms with Gasteiger partial charge < -0.3 is 23.9 Å². The van der Waals surface area contributed by atoms with E-state index in [1.807, 2.05) is 6.92 Å². The third-order valence-electron chi connectivity index (χ3n) is 4.29. The third-order valence-corrected chi connectivity index (χ3v) is 5.10. The van der Waals surface area contributed by atoms with Gasteiger partial charge in [-0.05, 0) is 42.8 Å². The highest BCUT2D eigenvalue weighted by atomic mass is 32.2. The molecule has 10 heteroatoms. The van der Waals surface area contributed by atoms with Gasteiger partial charge in [0.2, 0.25) is 18.6 Å². The van der Waals surface area contributed by atoms with Crippen molar-refractivity contribution in [2.75, 3.05) is 25.0 Å². The van der Waals surface area contributed by atoms with Crippen molar-refractivity contribution in [3.63, 3.8) is 0 Å². The number of ether oxygens (including phenoxy) is 3. The molecule has 2 heterocycles. The zero-order chi connectivity index (χ0) is 21.1. The largest absolute Gasteiger partial charge is 0.465 e. The van der Waals surface area contributed by atoms with Gasteiger partial charge in [-0.25, -0.2) is 4.79 Å². The lowest BCUT2D eigenvalue weighted by molar-refractivity contribution is -0.113. The number of fused-ring (bicyclic) bond motifs is 1. The van der Waals surface area contributed by atoms with Gasteiger partial charge in [-0.15, -0.1) is 10.2 Å². The van der Waals surface area contributed by atoms with Gasteiger partial charge in [0.25, 0.3) is 5.22 Å². The summed E-state index contributed by atoms with van der Waals surface area (Å²) < 4.78 is 21.0. The molecular weight excluding hydrogens is 410 g/mol. The van der Waals surface area contributed by atoms with Crippen molar-refractivity contribution in [2.24, 2.45) is 0 Å². The number of anilines is 1. The summed E-state index contributed by atoms with van der Waals surface area (Å²) in [7, 11) is 1.30. The molecule has 9 nitrogen and oxygen atoms in total. The highest BCUT2D eigenvalue weighted by Crippen LogP contribution is 2.36. The van der Waals surface area contributed by atoms with Crippen LogP contribution in [0.5, 0.6) is 11.5 Å². The van der Waals surface area contributed by atoms with Crippen LogP contribution >= 0.6 is 11.8 Å². The Bertz CT molecular complexity index is 1110. The Kier molecular flexibility index (Phi) is 5.57. The van der Waals surface area contributed by atoms with Crippen LogP contribution in [0, 0.1) is 6.92 Å². The van der Waals surface area contributed by atoms with E-state index in [1.165, 1.54) is 7.11 Å². The Labute approximate surface area is 175 Å². The first-order valence-electron chi connectivity index (χ1n) is 8.88. The molecule has 1 aliphatic heterocycles. The maximum Gasteiger partial charge on any atom is 0.337 e. The van der Waals surface area contributed by atoms with Crippen LogP contribution in [-0.4, -0.2) is 41.7 Å². The number of hydrogen-bond acceptors (Lipinski definition) is 9. The fourth-order valence-corrected chi connectivity index (χ4v) is 3.29. The van der Waals surface area contributed by atoms with Crippen molar-refractivity contribution in [3.8, 4) is 23.0 Å². The second kappa shape index (κ2) is 8.46. The number of esters is 1. The quantitative estimate of drug-likeness (QED) is 0.468. The minimum absolute atomic E-state index is 0.0602. The number of rotatable bonds is 6. The Morgan fingerprint density at radius 2 is 1.97 bits per heavy atom. The molecule has 1 aromatic heterocycles. The predicted molar refractivity (Wildman–Crippen MR) is 108 cm³/mol. The van der Waals surface area contributed by atoms with E-state index >= 15 is 0 Å². The highest BCUT2D eigenvalue weighted by molar-refractivity contribution is 7.99. The van der Waals surface area contributed by atoms with Gasteiger partial charge in [-0.1, -0.05) is 17.8 Å². The normalized spacial score (nSPS) is 11.9. The van der Waals surface area contributed by atoms with Gasteiger partial charge in [0.05, 0.1) is 18.4 Å². The van der Waals surface area contributed by atoms with Crippen LogP contribution in [0.2, 0.25) is 0 Å². The number of methoxy groups -OCH3 is 1. The first-order valence-corrected chi connectivity index (χ1v) is 9.87. The highest BCUT2D eigenvalue weighted by Gasteiger charge is 2.17. The Balaban J connectivity index is 1.38. The van der Waals surface area contributed by atoms with Crippen molar-refractivity contribution in [3.05, 3.63) is 47.5 Å². The van der Waals surface area contributed by atoms with Gasteiger partial charge in [0, 0.05) is 11.3 Å². The molecular formula is C20H17N3O6S. The molecule has 154 valence electrons. The number of aryl methyl sites for hydroxylation is 1. The summed E-state index contributed by atoms with van der Waals surface area (Å²) in [4.78, 5) is 24.0. The zero-order valence-corrected chi connectivity index (χ0v) is 16.9. The summed E-state index contributed by atoms with van der Waals surface area (Å²) in [6, 6.07) is 10.3. The Morgan fingerprint density at radius 1 is 1.13 bits per heavy atom. The lowest BCUT2D eigenvalue weighted by atomic mass is 10.1. The first-order chi connectivity index (χ1) is 14.5. The summed E-state index contributed by atoms with van der Waals surface area (Å²) in [5.74, 6) is 0.914. The molecule has 0 radical (unpaired) electrons. The van der Waals surface area contributed by atoms with Crippen molar-refractivity contribution < 1.29 is 28.2 Å². The molecule has 0 unspecified atom stereocenters. The molecule has 0 atom stereocenters. The fourth-order valence-electron chi connectivity index (χ4n) is 2.73. The number of hydrogen-bond donors (Lipinski definition) is 1. The number of benzene rings is 2. The van der Waals surface area contributed by atoms with Gasteiger partial charge >= 0.3 is 5.97 Å².